The van der Waals surface area contributed by atoms with E-state index in [1.54, 1.807) is 16.0 Å². The first kappa shape index (κ1) is 35.2. The van der Waals surface area contributed by atoms with Gasteiger partial charge in [-0.25, -0.2) is 19.6 Å². The third-order valence-corrected chi connectivity index (χ3v) is 8.58. The number of hydrogen-bond acceptors (Lipinski definition) is 8. The highest BCUT2D eigenvalue weighted by molar-refractivity contribution is 6.07. The standard InChI is InChI=1S/C38H45N7O6/c1-7-13-44(34(46)19-40-36(47)49-6)20-32-39-18-30(42-32)24-9-11-26-25(15-24)22-50-31-17-27-23(16-28(26)31)10-12-29-35(27)43-33(41-29)21-45(14-8-2)37(48)51-38(3,4)5/h9-12,15-18H,7-8,13-14,19-22H2,1-6H3,(H,39,42)(H,40,47)(H,41,43). The van der Waals surface area contributed by atoms with Gasteiger partial charge in [0.2, 0.25) is 5.91 Å². The number of benzene rings is 3. The lowest BCUT2D eigenvalue weighted by Gasteiger charge is -2.26. The molecule has 0 aliphatic carbocycles. The summed E-state index contributed by atoms with van der Waals surface area (Å²) in [5, 5.41) is 4.44. The van der Waals surface area contributed by atoms with E-state index in [-0.39, 0.29) is 25.1 Å². The molecule has 0 saturated heterocycles. The zero-order chi connectivity index (χ0) is 36.3. The maximum Gasteiger partial charge on any atom is 0.410 e. The highest BCUT2D eigenvalue weighted by Crippen LogP contribution is 2.42. The first-order valence-electron chi connectivity index (χ1n) is 17.3. The highest BCUT2D eigenvalue weighted by Gasteiger charge is 2.24. The van der Waals surface area contributed by atoms with Crippen LogP contribution in [0.25, 0.3) is 44.2 Å². The van der Waals surface area contributed by atoms with Crippen molar-refractivity contribution in [3.63, 3.8) is 0 Å². The van der Waals surface area contributed by atoms with Gasteiger partial charge in [-0.15, -0.1) is 0 Å². The lowest BCUT2D eigenvalue weighted by molar-refractivity contribution is -0.130. The van der Waals surface area contributed by atoms with Gasteiger partial charge in [0.1, 0.15) is 36.2 Å². The summed E-state index contributed by atoms with van der Waals surface area (Å²) in [7, 11) is 1.26. The minimum Gasteiger partial charge on any atom is -0.488 e. The number of fused-ring (bicyclic) bond motifs is 6. The molecule has 0 spiro atoms. The van der Waals surface area contributed by atoms with Crippen LogP contribution >= 0.6 is 0 Å². The van der Waals surface area contributed by atoms with Gasteiger partial charge >= 0.3 is 12.2 Å². The molecule has 2 aromatic heterocycles. The molecule has 3 heterocycles. The molecule has 3 aromatic carbocycles. The maximum absolute atomic E-state index is 12.9. The fraction of sp³-hybridized carbons (Fsp3) is 0.395. The summed E-state index contributed by atoms with van der Waals surface area (Å²) in [6.07, 6.45) is 2.33. The van der Waals surface area contributed by atoms with E-state index in [0.717, 1.165) is 68.3 Å². The largest absolute Gasteiger partial charge is 0.488 e. The first-order valence-corrected chi connectivity index (χ1v) is 17.3. The van der Waals surface area contributed by atoms with Crippen molar-refractivity contribution in [2.24, 2.45) is 0 Å². The number of nitrogens with zero attached hydrogens (tertiary/aromatic N) is 4. The second kappa shape index (κ2) is 14.7. The van der Waals surface area contributed by atoms with Crippen molar-refractivity contribution in [3.8, 4) is 28.1 Å². The number of rotatable bonds is 11. The highest BCUT2D eigenvalue weighted by atomic mass is 16.6. The van der Waals surface area contributed by atoms with Crippen LogP contribution in [-0.2, 0) is 34.0 Å². The van der Waals surface area contributed by atoms with Crippen molar-refractivity contribution in [1.29, 1.82) is 0 Å². The summed E-state index contributed by atoms with van der Waals surface area (Å²) >= 11 is 0. The van der Waals surface area contributed by atoms with Gasteiger partial charge in [0.15, 0.2) is 0 Å². The first-order chi connectivity index (χ1) is 24.5. The second-order valence-electron chi connectivity index (χ2n) is 13.7. The van der Waals surface area contributed by atoms with Gasteiger partial charge in [-0.3, -0.25) is 4.79 Å². The van der Waals surface area contributed by atoms with Gasteiger partial charge < -0.3 is 39.3 Å². The quantitative estimate of drug-likeness (QED) is 0.135. The number of ether oxygens (including phenoxy) is 3. The summed E-state index contributed by atoms with van der Waals surface area (Å²) in [6, 6.07) is 14.6. The Labute approximate surface area is 296 Å². The maximum atomic E-state index is 12.9. The minimum absolute atomic E-state index is 0.150. The number of H-pyrrole nitrogens is 2. The monoisotopic (exact) mass is 695 g/mol. The molecule has 0 unspecified atom stereocenters. The van der Waals surface area contributed by atoms with Crippen LogP contribution in [0.15, 0.2) is 48.7 Å². The van der Waals surface area contributed by atoms with E-state index in [1.165, 1.54) is 7.11 Å². The summed E-state index contributed by atoms with van der Waals surface area (Å²) < 4.78 is 16.5. The van der Waals surface area contributed by atoms with Gasteiger partial charge in [0.05, 0.1) is 43.1 Å². The van der Waals surface area contributed by atoms with Crippen molar-refractivity contribution in [1.82, 2.24) is 35.1 Å². The molecule has 268 valence electrons. The third-order valence-electron chi connectivity index (χ3n) is 8.58. The van der Waals surface area contributed by atoms with Crippen LogP contribution in [0.5, 0.6) is 5.75 Å². The van der Waals surface area contributed by atoms with Crippen molar-refractivity contribution in [2.45, 2.75) is 72.8 Å². The minimum atomic E-state index is -0.649. The Balaban J connectivity index is 1.22. The van der Waals surface area contributed by atoms with E-state index in [4.69, 9.17) is 14.5 Å². The normalized spacial score (nSPS) is 12.2. The number of amides is 3. The molecule has 1 aliphatic rings. The molecule has 13 heteroatoms. The molecule has 51 heavy (non-hydrogen) atoms. The number of carbonyl (C=O) groups is 3. The lowest BCUT2D eigenvalue weighted by Crippen LogP contribution is -2.40. The number of aromatic amines is 2. The summed E-state index contributed by atoms with van der Waals surface area (Å²) in [4.78, 5) is 56.6. The lowest BCUT2D eigenvalue weighted by atomic mass is 9.92. The Hall–Kier alpha value is -5.59. The summed E-state index contributed by atoms with van der Waals surface area (Å²) in [5.41, 5.74) is 6.06. The Morgan fingerprint density at radius 3 is 2.45 bits per heavy atom. The zero-order valence-electron chi connectivity index (χ0n) is 30.0. The number of alkyl carbamates (subject to hydrolysis) is 1. The molecule has 0 saturated carbocycles. The van der Waals surface area contributed by atoms with E-state index in [1.807, 2.05) is 40.7 Å². The Morgan fingerprint density at radius 2 is 1.71 bits per heavy atom. The number of carbonyl (C=O) groups excluding carboxylic acids is 3. The number of hydrogen-bond donors (Lipinski definition) is 3. The van der Waals surface area contributed by atoms with E-state index in [0.29, 0.717) is 37.9 Å². The van der Waals surface area contributed by atoms with Crippen molar-refractivity contribution < 1.29 is 28.6 Å². The Kier molecular flexibility index (Phi) is 10.2. The second-order valence-corrected chi connectivity index (χ2v) is 13.7. The van der Waals surface area contributed by atoms with E-state index >= 15 is 0 Å². The third kappa shape index (κ3) is 7.92. The molecule has 0 bridgehead atoms. The van der Waals surface area contributed by atoms with Crippen LogP contribution in [0.3, 0.4) is 0 Å². The predicted octanol–water partition coefficient (Wildman–Crippen LogP) is 6.91. The molecule has 3 N–H and O–H groups in total. The van der Waals surface area contributed by atoms with Crippen LogP contribution in [0, 0.1) is 0 Å². The fourth-order valence-electron chi connectivity index (χ4n) is 6.26. The van der Waals surface area contributed by atoms with Gasteiger partial charge in [0, 0.05) is 24.0 Å². The van der Waals surface area contributed by atoms with Gasteiger partial charge in [-0.2, -0.15) is 0 Å². The van der Waals surface area contributed by atoms with E-state index < -0.39 is 11.7 Å². The number of nitrogens with one attached hydrogen (secondary N) is 3. The molecule has 13 nitrogen and oxygen atoms in total. The molecule has 3 amide bonds. The number of imidazole rings is 2. The molecular formula is C38H45N7O6. The van der Waals surface area contributed by atoms with Crippen LogP contribution in [-0.4, -0.2) is 80.2 Å². The Bertz CT molecular complexity index is 2080. The Morgan fingerprint density at radius 1 is 0.941 bits per heavy atom. The van der Waals surface area contributed by atoms with Crippen molar-refractivity contribution in [2.75, 3.05) is 26.7 Å². The smallest absolute Gasteiger partial charge is 0.410 e. The van der Waals surface area contributed by atoms with E-state index in [2.05, 4.69) is 61.4 Å². The summed E-state index contributed by atoms with van der Waals surface area (Å²) in [6.45, 7) is 11.6. The van der Waals surface area contributed by atoms with Gasteiger partial charge in [0.25, 0.3) is 0 Å². The molecular weight excluding hydrogens is 650 g/mol. The van der Waals surface area contributed by atoms with Crippen LogP contribution in [0.1, 0.15) is 64.7 Å². The summed E-state index contributed by atoms with van der Waals surface area (Å²) in [5.74, 6) is 1.90. The van der Waals surface area contributed by atoms with Crippen molar-refractivity contribution in [3.05, 3.63) is 65.9 Å². The zero-order valence-corrected chi connectivity index (χ0v) is 30.0. The number of methoxy groups -OCH3 is 1. The molecule has 5 aromatic rings. The topological polar surface area (TPSA) is 155 Å². The van der Waals surface area contributed by atoms with Crippen LogP contribution in [0.4, 0.5) is 9.59 Å². The molecule has 0 atom stereocenters. The van der Waals surface area contributed by atoms with Crippen molar-refractivity contribution >= 4 is 39.9 Å². The van der Waals surface area contributed by atoms with Gasteiger partial charge in [-0.1, -0.05) is 32.0 Å². The molecule has 0 radical (unpaired) electrons. The van der Waals surface area contributed by atoms with Crippen LogP contribution < -0.4 is 10.1 Å². The average molecular weight is 696 g/mol. The molecule has 0 fully saturated rings. The SMILES string of the molecule is CCCN(Cc1ncc(-c2ccc3c(c2)COc2cc4c(ccc5[nH]c(CN(CCC)C(=O)OC(C)(C)C)nc54)cc2-3)[nH]1)C(=O)CNC(=O)OC. The van der Waals surface area contributed by atoms with E-state index in [9.17, 15) is 14.4 Å². The molecule has 1 aliphatic heterocycles. The average Bonchev–Trinajstić information content (AvgIpc) is 3.75. The number of aromatic nitrogens is 4. The van der Waals surface area contributed by atoms with Crippen LogP contribution in [0.2, 0.25) is 0 Å². The predicted molar refractivity (Wildman–Crippen MR) is 194 cm³/mol. The van der Waals surface area contributed by atoms with Gasteiger partial charge in [-0.05, 0) is 80.0 Å². The fourth-order valence-corrected chi connectivity index (χ4v) is 6.26. The molecule has 6 rings (SSSR count).